The van der Waals surface area contributed by atoms with Crippen LogP contribution >= 0.6 is 7.82 Å². The molecule has 0 aromatic carbocycles. The van der Waals surface area contributed by atoms with Crippen molar-refractivity contribution in [3.05, 3.63) is 48.6 Å². The predicted molar refractivity (Wildman–Crippen MR) is 325 cm³/mol. The second-order valence-corrected chi connectivity index (χ2v) is 24.9. The van der Waals surface area contributed by atoms with Gasteiger partial charge in [0.25, 0.3) is 7.82 Å². The average molecular weight is 1080 g/mol. The lowest BCUT2D eigenvalue weighted by Gasteiger charge is -2.30. The number of amides is 1. The van der Waals surface area contributed by atoms with Gasteiger partial charge in [-0.05, 0) is 51.4 Å². The molecule has 0 saturated carbocycles. The first kappa shape index (κ1) is 73.5. The fourth-order valence-electron chi connectivity index (χ4n) is 9.80. The van der Waals surface area contributed by atoms with Crippen molar-refractivity contribution in [2.75, 3.05) is 40.9 Å². The summed E-state index contributed by atoms with van der Waals surface area (Å²) in [5.41, 5.74) is 0. The van der Waals surface area contributed by atoms with E-state index in [1.165, 1.54) is 225 Å². The van der Waals surface area contributed by atoms with Crippen LogP contribution in [0.4, 0.5) is 0 Å². The zero-order valence-electron chi connectivity index (χ0n) is 50.5. The average Bonchev–Trinajstić information content (AvgIpc) is 3.37. The van der Waals surface area contributed by atoms with Crippen LogP contribution in [-0.4, -0.2) is 68.5 Å². The van der Waals surface area contributed by atoms with Gasteiger partial charge < -0.3 is 28.8 Å². The summed E-state index contributed by atoms with van der Waals surface area (Å²) in [6, 6.07) is -0.803. The Kier molecular flexibility index (Phi) is 56.0. The van der Waals surface area contributed by atoms with Crippen molar-refractivity contribution in [1.82, 2.24) is 5.32 Å². The SMILES string of the molecule is CC/C=C\C/C=C\C/C=C\C/C=C\CCCCCCCCCCCCCCCCC(=O)NC(COP(=O)([O-])OCC[N+](C)(C)C)C(O)CCCCCCCCCCCCCCCCCCCCCCCCCCCC. The number of aliphatic hydroxyl groups is 1. The highest BCUT2D eigenvalue weighted by atomic mass is 31.2. The number of nitrogens with one attached hydrogen (secondary N) is 1. The van der Waals surface area contributed by atoms with Gasteiger partial charge >= 0.3 is 0 Å². The maximum atomic E-state index is 13.0. The van der Waals surface area contributed by atoms with Crippen molar-refractivity contribution >= 4 is 13.7 Å². The molecule has 0 aromatic heterocycles. The van der Waals surface area contributed by atoms with Crippen LogP contribution in [0.15, 0.2) is 48.6 Å². The van der Waals surface area contributed by atoms with Crippen LogP contribution in [0.5, 0.6) is 0 Å². The number of nitrogens with zero attached hydrogens (tertiary/aromatic N) is 1. The van der Waals surface area contributed by atoms with Crippen LogP contribution in [0, 0.1) is 0 Å². The molecule has 8 nitrogen and oxygen atoms in total. The summed E-state index contributed by atoms with van der Waals surface area (Å²) in [4.78, 5) is 25.6. The van der Waals surface area contributed by atoms with Crippen molar-refractivity contribution in [2.45, 2.75) is 328 Å². The van der Waals surface area contributed by atoms with Crippen LogP contribution in [-0.2, 0) is 18.4 Å². The fourth-order valence-corrected chi connectivity index (χ4v) is 10.5. The summed E-state index contributed by atoms with van der Waals surface area (Å²) in [7, 11) is 1.31. The largest absolute Gasteiger partial charge is 0.756 e. The van der Waals surface area contributed by atoms with Gasteiger partial charge in [-0.2, -0.15) is 0 Å². The third-order valence-electron chi connectivity index (χ3n) is 14.8. The van der Waals surface area contributed by atoms with Gasteiger partial charge in [-0.25, -0.2) is 0 Å². The van der Waals surface area contributed by atoms with Crippen LogP contribution < -0.4 is 10.2 Å². The van der Waals surface area contributed by atoms with E-state index in [2.05, 4.69) is 67.8 Å². The van der Waals surface area contributed by atoms with Gasteiger partial charge in [0.05, 0.1) is 39.9 Å². The highest BCUT2D eigenvalue weighted by molar-refractivity contribution is 7.45. The van der Waals surface area contributed by atoms with E-state index in [1.807, 2.05) is 21.1 Å². The summed E-state index contributed by atoms with van der Waals surface area (Å²) in [5.74, 6) is -0.162. The summed E-state index contributed by atoms with van der Waals surface area (Å²) in [5, 5.41) is 14.1. The van der Waals surface area contributed by atoms with E-state index in [-0.39, 0.29) is 19.1 Å². The summed E-state index contributed by atoms with van der Waals surface area (Å²) < 4.78 is 23.5. The van der Waals surface area contributed by atoms with Crippen molar-refractivity contribution in [2.24, 2.45) is 0 Å². The molecule has 0 aliphatic rings. The molecular weight excluding hydrogens is 948 g/mol. The van der Waals surface area contributed by atoms with Crippen molar-refractivity contribution < 1.29 is 32.9 Å². The molecule has 0 fully saturated rings. The number of carbonyl (C=O) groups is 1. The number of phosphoric ester groups is 1. The number of rotatable bonds is 60. The summed E-state index contributed by atoms with van der Waals surface area (Å²) in [6.07, 6.45) is 75.9. The molecule has 0 radical (unpaired) electrons. The van der Waals surface area contributed by atoms with E-state index in [1.54, 1.807) is 0 Å². The molecule has 1 amide bonds. The molecule has 0 saturated heterocycles. The number of allylic oxidation sites excluding steroid dienone is 8. The molecule has 2 N–H and O–H groups in total. The second-order valence-electron chi connectivity index (χ2n) is 23.4. The van der Waals surface area contributed by atoms with Gasteiger partial charge in [-0.1, -0.05) is 306 Å². The number of likely N-dealkylation sites (N-methyl/N-ethyl adjacent to an activating group) is 1. The standard InChI is InChI=1S/C66H127N2O6P/c1-6-8-10-12-14-16-18-20-22-24-26-28-30-32-34-36-38-40-42-44-46-48-50-52-54-56-58-60-66(70)67-64(63-74-75(71,72)73-62-61-68(3,4)5)65(69)59-57-55-53-51-49-47-45-43-41-39-37-35-33-31-29-27-25-23-21-19-17-15-13-11-9-7-2/h8,10,14,16,20,22,26,28,64-65,69H,6-7,9,11-13,15,17-19,21,23-25,27,29-63H2,1-5H3,(H-,67,70,71,72)/b10-8-,16-14-,22-20-,28-26-. The lowest BCUT2D eigenvalue weighted by atomic mass is 10.0. The van der Waals surface area contributed by atoms with E-state index in [0.29, 0.717) is 23.9 Å². The topological polar surface area (TPSA) is 108 Å². The van der Waals surface area contributed by atoms with E-state index >= 15 is 0 Å². The van der Waals surface area contributed by atoms with Crippen molar-refractivity contribution in [3.8, 4) is 0 Å². The van der Waals surface area contributed by atoms with Crippen LogP contribution in [0.1, 0.15) is 316 Å². The smallest absolute Gasteiger partial charge is 0.268 e. The number of quaternary nitrogens is 1. The maximum Gasteiger partial charge on any atom is 0.268 e. The minimum absolute atomic E-state index is 0.0123. The molecule has 0 heterocycles. The van der Waals surface area contributed by atoms with E-state index in [9.17, 15) is 19.4 Å². The predicted octanol–water partition coefficient (Wildman–Crippen LogP) is 19.6. The van der Waals surface area contributed by atoms with Crippen LogP contribution in [0.3, 0.4) is 0 Å². The van der Waals surface area contributed by atoms with Gasteiger partial charge in [0, 0.05) is 6.42 Å². The van der Waals surface area contributed by atoms with E-state index in [4.69, 9.17) is 9.05 Å². The molecule has 0 spiro atoms. The Morgan fingerprint density at radius 3 is 1.19 bits per heavy atom. The Morgan fingerprint density at radius 1 is 0.480 bits per heavy atom. The Morgan fingerprint density at radius 2 is 0.813 bits per heavy atom. The molecule has 0 rings (SSSR count). The molecule has 3 unspecified atom stereocenters. The Hall–Kier alpha value is -1.54. The number of aliphatic hydroxyl groups excluding tert-OH is 1. The molecule has 442 valence electrons. The highest BCUT2D eigenvalue weighted by Gasteiger charge is 2.24. The third kappa shape index (κ3) is 60.0. The van der Waals surface area contributed by atoms with E-state index in [0.717, 1.165) is 64.2 Å². The van der Waals surface area contributed by atoms with Gasteiger partial charge in [0.15, 0.2) is 0 Å². The van der Waals surface area contributed by atoms with Crippen LogP contribution in [0.25, 0.3) is 0 Å². The Bertz CT molecular complexity index is 1360. The fraction of sp³-hybridized carbons (Fsp3) is 0.864. The number of hydrogen-bond acceptors (Lipinski definition) is 6. The van der Waals surface area contributed by atoms with E-state index < -0.39 is 20.0 Å². The lowest BCUT2D eigenvalue weighted by Crippen LogP contribution is -2.46. The van der Waals surface area contributed by atoms with Crippen LogP contribution in [0.2, 0.25) is 0 Å². The van der Waals surface area contributed by atoms with Gasteiger partial charge in [-0.3, -0.25) is 9.36 Å². The molecule has 0 bridgehead atoms. The number of carbonyl (C=O) groups excluding carboxylic acids is 1. The van der Waals surface area contributed by atoms with Crippen molar-refractivity contribution in [1.29, 1.82) is 0 Å². The highest BCUT2D eigenvalue weighted by Crippen LogP contribution is 2.38. The summed E-state index contributed by atoms with van der Waals surface area (Å²) >= 11 is 0. The third-order valence-corrected chi connectivity index (χ3v) is 15.8. The molecule has 3 atom stereocenters. The molecule has 0 aliphatic heterocycles. The lowest BCUT2D eigenvalue weighted by molar-refractivity contribution is -0.870. The van der Waals surface area contributed by atoms with Gasteiger partial charge in [0.1, 0.15) is 13.2 Å². The molecule has 75 heavy (non-hydrogen) atoms. The Labute approximate surface area is 467 Å². The number of unbranched alkanes of at least 4 members (excludes halogenated alkanes) is 39. The molecule has 0 aliphatic carbocycles. The second kappa shape index (κ2) is 57.2. The molecule has 0 aromatic rings. The first-order valence-corrected chi connectivity index (χ1v) is 33.9. The zero-order chi connectivity index (χ0) is 54.9. The maximum absolute atomic E-state index is 13.0. The monoisotopic (exact) mass is 1070 g/mol. The molecule has 9 heteroatoms. The first-order valence-electron chi connectivity index (χ1n) is 32.5. The quantitative estimate of drug-likeness (QED) is 0.0272. The minimum atomic E-state index is -4.58. The summed E-state index contributed by atoms with van der Waals surface area (Å²) in [6.45, 7) is 4.65. The van der Waals surface area contributed by atoms with Crippen molar-refractivity contribution in [3.63, 3.8) is 0 Å². The first-order chi connectivity index (χ1) is 36.5. The van der Waals surface area contributed by atoms with Gasteiger partial charge in [0.2, 0.25) is 5.91 Å². The number of hydrogen-bond donors (Lipinski definition) is 2. The Balaban J connectivity index is 4.08. The number of phosphoric acid groups is 1. The minimum Gasteiger partial charge on any atom is -0.756 e. The normalized spacial score (nSPS) is 14.1. The zero-order valence-corrected chi connectivity index (χ0v) is 51.4. The van der Waals surface area contributed by atoms with Gasteiger partial charge in [-0.15, -0.1) is 0 Å². The molecular formula is C66H127N2O6P.